The average Bonchev–Trinajstić information content (AvgIpc) is 2.89. The van der Waals surface area contributed by atoms with Crippen molar-refractivity contribution in [1.29, 1.82) is 0 Å². The Hall–Kier alpha value is -0.110. The summed E-state index contributed by atoms with van der Waals surface area (Å²) in [5, 5.41) is 2.65. The van der Waals surface area contributed by atoms with Crippen LogP contribution in [0, 0.1) is 5.41 Å². The van der Waals surface area contributed by atoms with Gasteiger partial charge in [-0.3, -0.25) is 19.3 Å². The summed E-state index contributed by atoms with van der Waals surface area (Å²) in [4.78, 5) is 39.4. The molecule has 0 aliphatic carbocycles. The average molecular weight is 545 g/mol. The van der Waals surface area contributed by atoms with Crippen LogP contribution in [-0.4, -0.2) is 49.4 Å². The van der Waals surface area contributed by atoms with E-state index in [0.717, 1.165) is 4.90 Å². The van der Waals surface area contributed by atoms with Crippen molar-refractivity contribution >= 4 is 87.3 Å². The maximum atomic E-state index is 13.3. The molecule has 0 aromatic heterocycles. The molecular weight excluding hydrogens is 521 g/mol. The number of rotatable bonds is 7. The van der Waals surface area contributed by atoms with Crippen LogP contribution in [0.2, 0.25) is 0 Å². The second-order valence-corrected chi connectivity index (χ2v) is 12.9. The lowest BCUT2D eigenvalue weighted by Gasteiger charge is -2.31. The zero-order valence-electron chi connectivity index (χ0n) is 16.9. The van der Waals surface area contributed by atoms with Gasteiger partial charge in [0, 0.05) is 11.5 Å². The van der Waals surface area contributed by atoms with Gasteiger partial charge in [0.1, 0.15) is 11.8 Å². The first kappa shape index (κ1) is 27.9. The number of hydrogen-bond donors (Lipinski definition) is 1. The zero-order valence-corrected chi connectivity index (χ0v) is 21.4. The Bertz CT molecular complexity index is 694. The number of carbonyl (C=O) groups is 3. The van der Waals surface area contributed by atoms with E-state index < -0.39 is 42.8 Å². The van der Waals surface area contributed by atoms with Crippen LogP contribution in [0.3, 0.4) is 0 Å². The first-order valence-electron chi connectivity index (χ1n) is 9.03. The summed E-state index contributed by atoms with van der Waals surface area (Å²) >= 11 is 35.0. The molecule has 30 heavy (non-hydrogen) atoms. The minimum Gasteiger partial charge on any atom is -0.499 e. The number of hydrogen-bond acceptors (Lipinski definition) is 4. The van der Waals surface area contributed by atoms with E-state index in [0.29, 0.717) is 0 Å². The van der Waals surface area contributed by atoms with Gasteiger partial charge in [-0.15, -0.1) is 0 Å². The minimum absolute atomic E-state index is 0.000421. The second kappa shape index (κ2) is 10.7. The predicted octanol–water partition coefficient (Wildman–Crippen LogP) is 5.09. The molecule has 0 fully saturated rings. The molecular formula is C18H24Cl6N2O4. The Kier molecular flexibility index (Phi) is 9.93. The fourth-order valence-electron chi connectivity index (χ4n) is 2.71. The number of halogens is 6. The Morgan fingerprint density at radius 1 is 1.10 bits per heavy atom. The molecule has 1 N–H and O–H groups in total. The van der Waals surface area contributed by atoms with Crippen LogP contribution in [0.1, 0.15) is 46.5 Å². The normalized spacial score (nSPS) is 18.9. The summed E-state index contributed by atoms with van der Waals surface area (Å²) in [6.07, 6.45) is 1.38. The summed E-state index contributed by atoms with van der Waals surface area (Å²) in [6.45, 7) is 5.07. The first-order chi connectivity index (χ1) is 13.5. The van der Waals surface area contributed by atoms with Crippen molar-refractivity contribution < 1.29 is 19.1 Å². The highest BCUT2D eigenvalue weighted by Gasteiger charge is 2.43. The monoisotopic (exact) mass is 542 g/mol. The SMILES string of the molecule is COC1=CC(=O)N(C(=O)[C@@H](CCC(Cl)(Cl)Cl)NC(=O)C(C)(C)C)C1CCC(Cl)(Cl)Cl. The van der Waals surface area contributed by atoms with Gasteiger partial charge in [0.25, 0.3) is 11.8 Å². The first-order valence-corrected chi connectivity index (χ1v) is 11.3. The van der Waals surface area contributed by atoms with Gasteiger partial charge in [0.15, 0.2) is 7.59 Å². The molecule has 0 aromatic rings. The number of carbonyl (C=O) groups excluding carboxylic acids is 3. The van der Waals surface area contributed by atoms with Crippen LogP contribution in [0.4, 0.5) is 0 Å². The Morgan fingerprint density at radius 3 is 2.07 bits per heavy atom. The fraction of sp³-hybridized carbons (Fsp3) is 0.722. The molecule has 1 aliphatic heterocycles. The molecule has 1 unspecified atom stereocenters. The smallest absolute Gasteiger partial charge is 0.257 e. The van der Waals surface area contributed by atoms with Crippen molar-refractivity contribution in [1.82, 2.24) is 10.2 Å². The van der Waals surface area contributed by atoms with E-state index in [4.69, 9.17) is 74.3 Å². The summed E-state index contributed by atoms with van der Waals surface area (Å²) in [5.74, 6) is -1.40. The molecule has 1 rings (SSSR count). The summed E-state index contributed by atoms with van der Waals surface area (Å²) in [6, 6.07) is -1.89. The zero-order chi connectivity index (χ0) is 23.5. The highest BCUT2D eigenvalue weighted by Crippen LogP contribution is 2.36. The third-order valence-electron chi connectivity index (χ3n) is 4.32. The molecule has 2 atom stereocenters. The number of alkyl halides is 6. The largest absolute Gasteiger partial charge is 0.499 e. The quantitative estimate of drug-likeness (QED) is 0.453. The molecule has 0 bridgehead atoms. The molecule has 172 valence electrons. The van der Waals surface area contributed by atoms with Gasteiger partial charge < -0.3 is 10.1 Å². The molecule has 0 radical (unpaired) electrons. The van der Waals surface area contributed by atoms with Gasteiger partial charge in [0.2, 0.25) is 5.91 Å². The molecule has 0 spiro atoms. The van der Waals surface area contributed by atoms with E-state index in [2.05, 4.69) is 5.32 Å². The van der Waals surface area contributed by atoms with E-state index in [1.807, 2.05) is 0 Å². The molecule has 1 heterocycles. The molecule has 3 amide bonds. The third-order valence-corrected chi connectivity index (χ3v) is 5.45. The highest BCUT2D eigenvalue weighted by atomic mass is 35.6. The van der Waals surface area contributed by atoms with Gasteiger partial charge in [-0.1, -0.05) is 90.4 Å². The van der Waals surface area contributed by atoms with Crippen molar-refractivity contribution in [3.8, 4) is 0 Å². The lowest BCUT2D eigenvalue weighted by molar-refractivity contribution is -0.147. The maximum absolute atomic E-state index is 13.3. The van der Waals surface area contributed by atoms with Gasteiger partial charge in [-0.25, -0.2) is 0 Å². The van der Waals surface area contributed by atoms with Gasteiger partial charge in [-0.05, 0) is 25.7 Å². The van der Waals surface area contributed by atoms with Crippen molar-refractivity contribution in [2.75, 3.05) is 7.11 Å². The molecule has 6 nitrogen and oxygen atoms in total. The maximum Gasteiger partial charge on any atom is 0.257 e. The van der Waals surface area contributed by atoms with Crippen LogP contribution < -0.4 is 5.32 Å². The molecule has 12 heteroatoms. The topological polar surface area (TPSA) is 75.7 Å². The summed E-state index contributed by atoms with van der Waals surface area (Å²) in [7, 11) is 1.37. The number of ether oxygens (including phenoxy) is 1. The van der Waals surface area contributed by atoms with E-state index in [1.54, 1.807) is 20.8 Å². The van der Waals surface area contributed by atoms with Crippen LogP contribution >= 0.6 is 69.6 Å². The predicted molar refractivity (Wildman–Crippen MR) is 121 cm³/mol. The Labute approximate surface area is 206 Å². The van der Waals surface area contributed by atoms with E-state index >= 15 is 0 Å². The summed E-state index contributed by atoms with van der Waals surface area (Å²) < 4.78 is 2.03. The molecule has 1 aliphatic rings. The Morgan fingerprint density at radius 2 is 1.63 bits per heavy atom. The summed E-state index contributed by atoms with van der Waals surface area (Å²) in [5.41, 5.74) is -0.779. The van der Waals surface area contributed by atoms with Crippen molar-refractivity contribution in [2.45, 2.75) is 66.1 Å². The van der Waals surface area contributed by atoms with E-state index in [9.17, 15) is 14.4 Å². The van der Waals surface area contributed by atoms with Gasteiger partial charge >= 0.3 is 0 Å². The minimum atomic E-state index is -1.63. The van der Waals surface area contributed by atoms with Crippen molar-refractivity contribution in [3.05, 3.63) is 11.8 Å². The fourth-order valence-corrected chi connectivity index (χ4v) is 3.36. The lowest BCUT2D eigenvalue weighted by Crippen LogP contribution is -2.54. The highest BCUT2D eigenvalue weighted by molar-refractivity contribution is 6.67. The van der Waals surface area contributed by atoms with Gasteiger partial charge in [-0.2, -0.15) is 0 Å². The second-order valence-electron chi connectivity index (χ2n) is 7.90. The van der Waals surface area contributed by atoms with Crippen LogP contribution in [-0.2, 0) is 19.1 Å². The number of imide groups is 1. The van der Waals surface area contributed by atoms with E-state index in [-0.39, 0.29) is 31.4 Å². The molecule has 0 saturated carbocycles. The van der Waals surface area contributed by atoms with Crippen molar-refractivity contribution in [2.24, 2.45) is 5.41 Å². The van der Waals surface area contributed by atoms with Gasteiger partial charge in [0.05, 0.1) is 13.2 Å². The van der Waals surface area contributed by atoms with Crippen molar-refractivity contribution in [3.63, 3.8) is 0 Å². The number of methoxy groups -OCH3 is 1. The molecule has 0 aromatic carbocycles. The number of nitrogens with one attached hydrogen (secondary N) is 1. The van der Waals surface area contributed by atoms with E-state index in [1.165, 1.54) is 13.2 Å². The number of amides is 3. The molecule has 0 saturated heterocycles. The number of nitrogens with zero attached hydrogens (tertiary/aromatic N) is 1. The standard InChI is InChI=1S/C18H24Cl6N2O4/c1-16(2,3)15(29)25-10(5-7-17(19,20)21)14(28)26-11(6-8-18(22,23)24)12(30-4)9-13(26)27/h9-11H,5-8H2,1-4H3,(H,25,29)/t10-,11?/m1/s1. The third kappa shape index (κ3) is 8.79. The Balaban J connectivity index is 3.16. The van der Waals surface area contributed by atoms with Crippen LogP contribution in [0.5, 0.6) is 0 Å². The van der Waals surface area contributed by atoms with Crippen LogP contribution in [0.15, 0.2) is 11.8 Å². The lowest BCUT2D eigenvalue weighted by atomic mass is 9.94. The van der Waals surface area contributed by atoms with Crippen LogP contribution in [0.25, 0.3) is 0 Å².